The van der Waals surface area contributed by atoms with Gasteiger partial charge in [0.2, 0.25) is 0 Å². The molecule has 0 radical (unpaired) electrons. The minimum Gasteiger partial charge on any atom is -0.550 e. The summed E-state index contributed by atoms with van der Waals surface area (Å²) in [6.45, 7) is 4.19. The number of carboxylic acids is 1. The maximum Gasteiger partial charge on any atom is 1.00 e. The molecule has 0 aliphatic heterocycles. The molecule has 0 bridgehead atoms. The van der Waals surface area contributed by atoms with E-state index in [2.05, 4.69) is 11.9 Å². The van der Waals surface area contributed by atoms with Gasteiger partial charge in [-0.15, -0.1) is 6.58 Å². The fourth-order valence-corrected chi connectivity index (χ4v) is 1.18. The number of benzene rings is 1. The first-order valence-electron chi connectivity index (χ1n) is 4.36. The molecule has 0 aliphatic rings. The summed E-state index contributed by atoms with van der Waals surface area (Å²) >= 11 is 0. The van der Waals surface area contributed by atoms with Crippen molar-refractivity contribution < 1.29 is 39.5 Å². The Morgan fingerprint density at radius 3 is 2.73 bits per heavy atom. The molecular weight excluding hydrogens is 201 g/mol. The quantitative estimate of drug-likeness (QED) is 0.437. The number of rotatable bonds is 5. The van der Waals surface area contributed by atoms with E-state index in [-0.39, 0.29) is 36.0 Å². The van der Waals surface area contributed by atoms with E-state index in [1.165, 1.54) is 0 Å². The second-order valence-corrected chi connectivity index (χ2v) is 2.88. The third-order valence-corrected chi connectivity index (χ3v) is 1.79. The summed E-state index contributed by atoms with van der Waals surface area (Å²) in [5.74, 6) is -1.07. The smallest absolute Gasteiger partial charge is 0.550 e. The molecule has 0 spiro atoms. The molecule has 1 N–H and O–H groups in total. The van der Waals surface area contributed by atoms with Gasteiger partial charge in [-0.2, -0.15) is 0 Å². The van der Waals surface area contributed by atoms with E-state index in [1.54, 1.807) is 18.2 Å². The van der Waals surface area contributed by atoms with E-state index < -0.39 is 5.97 Å². The van der Waals surface area contributed by atoms with Crippen LogP contribution in [0.1, 0.15) is 5.56 Å². The molecule has 74 valence electrons. The average Bonchev–Trinajstić information content (AvgIpc) is 2.16. The number of para-hydroxylation sites is 1. The standard InChI is InChI=1S/C11H13NO2.Na/c1-2-7-12-10-6-4-3-5-9(10)8-11(13)14;/h2-6,12H,1,7-8H2,(H,13,14);/q;+1/p-1. The molecule has 0 amide bonds. The minimum atomic E-state index is -1.07. The van der Waals surface area contributed by atoms with Crippen molar-refractivity contribution in [3.05, 3.63) is 42.5 Å². The van der Waals surface area contributed by atoms with Gasteiger partial charge in [0.25, 0.3) is 0 Å². The van der Waals surface area contributed by atoms with E-state index in [0.29, 0.717) is 6.54 Å². The number of anilines is 1. The van der Waals surface area contributed by atoms with Crippen LogP contribution in [0.3, 0.4) is 0 Å². The molecule has 0 saturated carbocycles. The summed E-state index contributed by atoms with van der Waals surface area (Å²) in [5, 5.41) is 13.5. The summed E-state index contributed by atoms with van der Waals surface area (Å²) in [7, 11) is 0. The Morgan fingerprint density at radius 2 is 2.13 bits per heavy atom. The van der Waals surface area contributed by atoms with Gasteiger partial charge >= 0.3 is 29.6 Å². The van der Waals surface area contributed by atoms with Crippen LogP contribution < -0.4 is 40.0 Å². The molecule has 0 aromatic heterocycles. The molecule has 3 nitrogen and oxygen atoms in total. The number of hydrogen-bond donors (Lipinski definition) is 1. The monoisotopic (exact) mass is 213 g/mol. The van der Waals surface area contributed by atoms with Gasteiger partial charge in [0, 0.05) is 24.6 Å². The predicted octanol–water partition coefficient (Wildman–Crippen LogP) is -2.42. The molecule has 0 saturated heterocycles. The maximum absolute atomic E-state index is 10.4. The topological polar surface area (TPSA) is 52.2 Å². The molecule has 4 heteroatoms. The Kier molecular flexibility index (Phi) is 7.13. The second-order valence-electron chi connectivity index (χ2n) is 2.88. The van der Waals surface area contributed by atoms with Crippen LogP contribution in [0.25, 0.3) is 0 Å². The van der Waals surface area contributed by atoms with E-state index >= 15 is 0 Å². The summed E-state index contributed by atoms with van der Waals surface area (Å²) in [6.07, 6.45) is 1.65. The first-order valence-corrected chi connectivity index (χ1v) is 4.36. The Hall–Kier alpha value is -0.770. The second kappa shape index (κ2) is 7.51. The van der Waals surface area contributed by atoms with E-state index in [1.807, 2.05) is 12.1 Å². The fraction of sp³-hybridized carbons (Fsp3) is 0.182. The Bertz CT molecular complexity index is 339. The Balaban J connectivity index is 0.00000196. The molecular formula is C11H12NNaO2. The Labute approximate surface area is 111 Å². The zero-order valence-corrected chi connectivity index (χ0v) is 10.8. The zero-order chi connectivity index (χ0) is 10.4. The van der Waals surface area contributed by atoms with Gasteiger partial charge in [0.15, 0.2) is 0 Å². The van der Waals surface area contributed by atoms with Gasteiger partial charge in [-0.1, -0.05) is 24.3 Å². The fourth-order valence-electron chi connectivity index (χ4n) is 1.18. The van der Waals surface area contributed by atoms with Crippen LogP contribution in [0.4, 0.5) is 5.69 Å². The van der Waals surface area contributed by atoms with Gasteiger partial charge in [-0.05, 0) is 11.6 Å². The van der Waals surface area contributed by atoms with Crippen LogP contribution in [-0.4, -0.2) is 12.5 Å². The van der Waals surface area contributed by atoms with Crippen LogP contribution in [-0.2, 0) is 11.2 Å². The van der Waals surface area contributed by atoms with Gasteiger partial charge in [-0.3, -0.25) is 0 Å². The van der Waals surface area contributed by atoms with Crippen LogP contribution in [0.15, 0.2) is 36.9 Å². The largest absolute Gasteiger partial charge is 1.00 e. The van der Waals surface area contributed by atoms with Crippen LogP contribution >= 0.6 is 0 Å². The maximum atomic E-state index is 10.4. The van der Waals surface area contributed by atoms with Gasteiger partial charge in [0.05, 0.1) is 0 Å². The Morgan fingerprint density at radius 1 is 1.47 bits per heavy atom. The molecule has 0 heterocycles. The number of aliphatic carboxylic acids is 1. The van der Waals surface area contributed by atoms with E-state index in [0.717, 1.165) is 11.3 Å². The van der Waals surface area contributed by atoms with Crippen LogP contribution in [0.2, 0.25) is 0 Å². The van der Waals surface area contributed by atoms with Crippen molar-refractivity contribution in [2.24, 2.45) is 0 Å². The van der Waals surface area contributed by atoms with Crippen LogP contribution in [0.5, 0.6) is 0 Å². The minimum absolute atomic E-state index is 0. The summed E-state index contributed by atoms with van der Waals surface area (Å²) < 4.78 is 0. The molecule has 1 aromatic carbocycles. The van der Waals surface area contributed by atoms with Crippen molar-refractivity contribution in [3.63, 3.8) is 0 Å². The average molecular weight is 213 g/mol. The molecule has 15 heavy (non-hydrogen) atoms. The molecule has 1 rings (SSSR count). The molecule has 0 fully saturated rings. The third-order valence-electron chi connectivity index (χ3n) is 1.79. The summed E-state index contributed by atoms with van der Waals surface area (Å²) in [5.41, 5.74) is 1.55. The van der Waals surface area contributed by atoms with Crippen molar-refractivity contribution in [2.45, 2.75) is 6.42 Å². The molecule has 0 aliphatic carbocycles. The molecule has 0 unspecified atom stereocenters. The first kappa shape index (κ1) is 14.2. The first-order chi connectivity index (χ1) is 6.74. The van der Waals surface area contributed by atoms with Crippen molar-refractivity contribution in [1.29, 1.82) is 0 Å². The SMILES string of the molecule is C=CCNc1ccccc1CC(=O)[O-].[Na+]. The number of carboxylic acid groups (broad SMARTS) is 1. The summed E-state index contributed by atoms with van der Waals surface area (Å²) in [6, 6.07) is 7.25. The third kappa shape index (κ3) is 5.02. The normalized spacial score (nSPS) is 8.80. The molecule has 1 aromatic rings. The predicted molar refractivity (Wildman–Crippen MR) is 53.8 cm³/mol. The molecule has 0 atom stereocenters. The zero-order valence-electron chi connectivity index (χ0n) is 8.82. The van der Waals surface area contributed by atoms with Crippen molar-refractivity contribution in [1.82, 2.24) is 0 Å². The van der Waals surface area contributed by atoms with Gasteiger partial charge < -0.3 is 15.2 Å². The van der Waals surface area contributed by atoms with Gasteiger partial charge in [-0.25, -0.2) is 0 Å². The number of carbonyl (C=O) groups excluding carboxylic acids is 1. The number of carbonyl (C=O) groups is 1. The number of nitrogens with one attached hydrogen (secondary N) is 1. The summed E-state index contributed by atoms with van der Waals surface area (Å²) in [4.78, 5) is 10.4. The van der Waals surface area contributed by atoms with Gasteiger partial charge in [0.1, 0.15) is 0 Å². The number of hydrogen-bond acceptors (Lipinski definition) is 3. The van der Waals surface area contributed by atoms with Crippen LogP contribution in [0, 0.1) is 0 Å². The van der Waals surface area contributed by atoms with Crippen molar-refractivity contribution in [2.75, 3.05) is 11.9 Å². The van der Waals surface area contributed by atoms with Crippen molar-refractivity contribution in [3.8, 4) is 0 Å². The van der Waals surface area contributed by atoms with Crippen molar-refractivity contribution >= 4 is 11.7 Å². The van der Waals surface area contributed by atoms with E-state index in [9.17, 15) is 9.90 Å². The van der Waals surface area contributed by atoms with E-state index in [4.69, 9.17) is 0 Å².